The lowest BCUT2D eigenvalue weighted by Gasteiger charge is -1.94. The fourth-order valence-corrected chi connectivity index (χ4v) is 1.19. The van der Waals surface area contributed by atoms with Crippen LogP contribution in [0.15, 0.2) is 6.20 Å². The van der Waals surface area contributed by atoms with Gasteiger partial charge >= 0.3 is 0 Å². The van der Waals surface area contributed by atoms with Crippen LogP contribution in [0.1, 0.15) is 31.3 Å². The second kappa shape index (κ2) is 7.34. The molecule has 14 heavy (non-hydrogen) atoms. The van der Waals surface area contributed by atoms with Crippen LogP contribution < -0.4 is 4.57 Å². The molecule has 0 atom stereocenters. The molecule has 0 unspecified atom stereocenters. The van der Waals surface area contributed by atoms with Gasteiger partial charge < -0.3 is 12.6 Å². The molecule has 0 bridgehead atoms. The molecule has 0 aliphatic carbocycles. The molecular formula is C10H17N3S. The number of imidazole rings is 1. The minimum atomic E-state index is 1.19. The van der Waals surface area contributed by atoms with Crippen LogP contribution in [0.2, 0.25) is 0 Å². The highest BCUT2D eigenvalue weighted by Gasteiger charge is 2.07. The SMILES string of the molecule is CCCCc1c[nH]c(C)[n+]1C.N#C[S-]. The zero-order valence-electron chi connectivity index (χ0n) is 9.00. The Bertz CT molecular complexity index is 299. The van der Waals surface area contributed by atoms with Crippen LogP contribution in [0.5, 0.6) is 0 Å². The third kappa shape index (κ3) is 4.24. The Morgan fingerprint density at radius 3 is 2.57 bits per heavy atom. The molecule has 1 aromatic heterocycles. The van der Waals surface area contributed by atoms with Crippen molar-refractivity contribution in [2.24, 2.45) is 7.05 Å². The number of thiocyanates is 1. The van der Waals surface area contributed by atoms with Gasteiger partial charge in [0.25, 0.3) is 5.82 Å². The Labute approximate surface area is 91.2 Å². The average molecular weight is 211 g/mol. The molecule has 0 aromatic carbocycles. The number of aromatic amines is 1. The van der Waals surface area contributed by atoms with Gasteiger partial charge in [-0.3, -0.25) is 0 Å². The lowest BCUT2D eigenvalue weighted by Crippen LogP contribution is -2.33. The van der Waals surface area contributed by atoms with E-state index < -0.39 is 0 Å². The van der Waals surface area contributed by atoms with Crippen molar-refractivity contribution in [1.82, 2.24) is 4.98 Å². The first-order valence-corrected chi connectivity index (χ1v) is 5.12. The van der Waals surface area contributed by atoms with Crippen molar-refractivity contribution >= 4 is 12.6 Å². The number of aryl methyl sites for hydroxylation is 2. The highest BCUT2D eigenvalue weighted by Crippen LogP contribution is 1.98. The van der Waals surface area contributed by atoms with Gasteiger partial charge in [-0.25, -0.2) is 14.8 Å². The molecule has 1 aromatic rings. The summed E-state index contributed by atoms with van der Waals surface area (Å²) in [6, 6.07) is 0. The topological polar surface area (TPSA) is 43.5 Å². The second-order valence-corrected chi connectivity index (χ2v) is 3.30. The Kier molecular flexibility index (Phi) is 6.77. The third-order valence-corrected chi connectivity index (χ3v) is 2.17. The van der Waals surface area contributed by atoms with E-state index in [0.717, 1.165) is 0 Å². The number of aromatic nitrogens is 2. The lowest BCUT2D eigenvalue weighted by molar-refractivity contribution is -0.683. The van der Waals surface area contributed by atoms with Crippen LogP contribution in [-0.4, -0.2) is 4.98 Å². The fraction of sp³-hybridized carbons (Fsp3) is 0.600. The van der Waals surface area contributed by atoms with Crippen LogP contribution in [0.25, 0.3) is 0 Å². The van der Waals surface area contributed by atoms with Crippen molar-refractivity contribution in [1.29, 1.82) is 5.26 Å². The number of rotatable bonds is 3. The summed E-state index contributed by atoms with van der Waals surface area (Å²) in [5.74, 6) is 1.23. The average Bonchev–Trinajstić information content (AvgIpc) is 2.47. The van der Waals surface area contributed by atoms with E-state index in [-0.39, 0.29) is 0 Å². The van der Waals surface area contributed by atoms with Gasteiger partial charge in [-0.2, -0.15) is 0 Å². The zero-order chi connectivity index (χ0) is 11.0. The third-order valence-electron chi connectivity index (χ3n) is 2.17. The minimum absolute atomic E-state index is 1.19. The zero-order valence-corrected chi connectivity index (χ0v) is 9.82. The maximum absolute atomic E-state index is 7.13. The molecule has 0 spiro atoms. The van der Waals surface area contributed by atoms with E-state index in [1.807, 2.05) is 0 Å². The minimum Gasteiger partial charge on any atom is -0.696 e. The van der Waals surface area contributed by atoms with Gasteiger partial charge in [-0.15, -0.1) is 0 Å². The molecule has 0 amide bonds. The molecule has 0 saturated heterocycles. The first-order chi connectivity index (χ1) is 6.67. The molecule has 0 saturated carbocycles. The molecule has 3 nitrogen and oxygen atoms in total. The van der Waals surface area contributed by atoms with Gasteiger partial charge in [0, 0.05) is 13.3 Å². The highest BCUT2D eigenvalue weighted by molar-refractivity contribution is 7.64. The summed E-state index contributed by atoms with van der Waals surface area (Å²) in [5, 5.41) is 8.47. The molecule has 0 radical (unpaired) electrons. The maximum atomic E-state index is 7.13. The van der Waals surface area contributed by atoms with E-state index in [4.69, 9.17) is 5.26 Å². The van der Waals surface area contributed by atoms with Crippen LogP contribution in [-0.2, 0) is 26.1 Å². The van der Waals surface area contributed by atoms with Gasteiger partial charge in [0.05, 0.1) is 7.05 Å². The van der Waals surface area contributed by atoms with Crippen LogP contribution in [0.3, 0.4) is 0 Å². The van der Waals surface area contributed by atoms with Crippen LogP contribution in [0.4, 0.5) is 0 Å². The summed E-state index contributed by atoms with van der Waals surface area (Å²) >= 11 is 3.70. The maximum Gasteiger partial charge on any atom is 0.251 e. The predicted octanol–water partition coefficient (Wildman–Crippen LogP) is 1.50. The van der Waals surface area contributed by atoms with Crippen LogP contribution >= 0.6 is 0 Å². The largest absolute Gasteiger partial charge is 0.696 e. The predicted molar refractivity (Wildman–Crippen MR) is 58.3 cm³/mol. The number of H-pyrrole nitrogens is 1. The number of unbranched alkanes of at least 4 members (excludes halogenated alkanes) is 1. The molecule has 1 rings (SSSR count). The van der Waals surface area contributed by atoms with E-state index in [0.29, 0.717) is 0 Å². The van der Waals surface area contributed by atoms with E-state index in [1.165, 1.54) is 36.2 Å². The molecular weight excluding hydrogens is 194 g/mol. The van der Waals surface area contributed by atoms with E-state index in [2.05, 4.69) is 49.3 Å². The number of nitrogens with one attached hydrogen (secondary N) is 1. The fourth-order valence-electron chi connectivity index (χ4n) is 1.19. The van der Waals surface area contributed by atoms with Crippen molar-refractivity contribution < 1.29 is 4.57 Å². The standard InChI is InChI=1S/C9H16N2.CHNS/c1-4-5-6-9-7-10-8(2)11(9)3;2-1-3/h7H,4-6H2,1-3H3;3H. The molecule has 78 valence electrons. The van der Waals surface area contributed by atoms with E-state index >= 15 is 0 Å². The monoisotopic (exact) mass is 211 g/mol. The quantitative estimate of drug-likeness (QED) is 0.468. The Morgan fingerprint density at radius 1 is 1.64 bits per heavy atom. The molecule has 4 heteroatoms. The van der Waals surface area contributed by atoms with Crippen molar-refractivity contribution in [3.63, 3.8) is 0 Å². The van der Waals surface area contributed by atoms with Crippen molar-refractivity contribution in [2.45, 2.75) is 33.1 Å². The molecule has 0 aliphatic heterocycles. The first-order valence-electron chi connectivity index (χ1n) is 4.71. The van der Waals surface area contributed by atoms with Gasteiger partial charge in [-0.05, 0) is 6.42 Å². The van der Waals surface area contributed by atoms with E-state index in [9.17, 15) is 0 Å². The van der Waals surface area contributed by atoms with Gasteiger partial charge in [-0.1, -0.05) is 18.7 Å². The van der Waals surface area contributed by atoms with Crippen LogP contribution in [0, 0.1) is 17.6 Å². The number of nitrogens with zero attached hydrogens (tertiary/aromatic N) is 2. The molecule has 0 aliphatic rings. The number of hydrogen-bond acceptors (Lipinski definition) is 2. The van der Waals surface area contributed by atoms with Crippen molar-refractivity contribution in [2.75, 3.05) is 0 Å². The molecule has 0 fully saturated rings. The Morgan fingerprint density at radius 2 is 2.21 bits per heavy atom. The highest BCUT2D eigenvalue weighted by atomic mass is 32.1. The Hall–Kier alpha value is -1.08. The van der Waals surface area contributed by atoms with Crippen molar-refractivity contribution in [3.8, 4) is 5.40 Å². The molecule has 1 N–H and O–H groups in total. The normalized spacial score (nSPS) is 8.71. The summed E-state index contributed by atoms with van der Waals surface area (Å²) in [4.78, 5) is 3.21. The summed E-state index contributed by atoms with van der Waals surface area (Å²) in [7, 11) is 2.11. The second-order valence-electron chi connectivity index (χ2n) is 3.12. The summed E-state index contributed by atoms with van der Waals surface area (Å²) < 4.78 is 2.22. The van der Waals surface area contributed by atoms with Crippen molar-refractivity contribution in [3.05, 3.63) is 17.7 Å². The van der Waals surface area contributed by atoms with Gasteiger partial charge in [0.1, 0.15) is 11.9 Å². The van der Waals surface area contributed by atoms with E-state index in [1.54, 1.807) is 0 Å². The first kappa shape index (κ1) is 12.9. The Balaban J connectivity index is 0.000000500. The molecule has 1 heterocycles. The summed E-state index contributed by atoms with van der Waals surface area (Å²) in [6.07, 6.45) is 5.84. The van der Waals surface area contributed by atoms with Gasteiger partial charge in [0.2, 0.25) is 0 Å². The number of nitriles is 1. The lowest BCUT2D eigenvalue weighted by atomic mass is 10.2. The summed E-state index contributed by atoms with van der Waals surface area (Å²) in [5.41, 5.74) is 1.41. The number of hydrogen-bond donors (Lipinski definition) is 1. The van der Waals surface area contributed by atoms with Gasteiger partial charge in [0.15, 0.2) is 0 Å². The summed E-state index contributed by atoms with van der Waals surface area (Å²) in [6.45, 7) is 4.31. The smallest absolute Gasteiger partial charge is 0.251 e.